The summed E-state index contributed by atoms with van der Waals surface area (Å²) in [7, 11) is 0. The second-order valence-corrected chi connectivity index (χ2v) is 4.66. The number of carboxylic acids is 1. The Kier molecular flexibility index (Phi) is 5.17. The molecule has 0 radical (unpaired) electrons. The van der Waals surface area contributed by atoms with Gasteiger partial charge in [0.25, 0.3) is 0 Å². The zero-order chi connectivity index (χ0) is 14.4. The van der Waals surface area contributed by atoms with Gasteiger partial charge in [-0.05, 0) is 24.1 Å². The third-order valence-corrected chi connectivity index (χ3v) is 2.45. The molecule has 1 aromatic rings. The number of carbonyl (C=O) groups excluding carboxylic acids is 1. The van der Waals surface area contributed by atoms with Crippen LogP contribution in [-0.4, -0.2) is 30.1 Å². The highest BCUT2D eigenvalue weighted by atomic mass is 16.4. The summed E-state index contributed by atoms with van der Waals surface area (Å²) in [5.74, 6) is -0.814. The van der Waals surface area contributed by atoms with Crippen molar-refractivity contribution in [2.45, 2.75) is 13.8 Å². The van der Waals surface area contributed by atoms with E-state index >= 15 is 0 Å². The van der Waals surface area contributed by atoms with E-state index in [0.717, 1.165) is 0 Å². The minimum Gasteiger partial charge on any atom is -0.478 e. The molecule has 0 fully saturated rings. The molecular weight excluding hydrogens is 246 g/mol. The average molecular weight is 265 g/mol. The molecule has 0 spiro atoms. The highest BCUT2D eigenvalue weighted by molar-refractivity contribution is 5.91. The molecule has 5 N–H and O–H groups in total. The summed E-state index contributed by atoms with van der Waals surface area (Å²) in [6.07, 6.45) is 0. The summed E-state index contributed by atoms with van der Waals surface area (Å²) in [6, 6.07) is 4.33. The molecule has 0 aliphatic carbocycles. The van der Waals surface area contributed by atoms with Gasteiger partial charge in [-0.1, -0.05) is 13.8 Å². The van der Waals surface area contributed by atoms with Crippen molar-refractivity contribution in [2.75, 3.05) is 24.1 Å². The van der Waals surface area contributed by atoms with Gasteiger partial charge in [-0.15, -0.1) is 0 Å². The van der Waals surface area contributed by atoms with Crippen molar-refractivity contribution in [2.24, 2.45) is 5.92 Å². The van der Waals surface area contributed by atoms with Gasteiger partial charge in [-0.25, -0.2) is 4.79 Å². The maximum Gasteiger partial charge on any atom is 0.335 e. The average Bonchev–Trinajstić information content (AvgIpc) is 2.35. The SMILES string of the molecule is CC(C)CNC(=O)CNc1cc(C(=O)O)ccc1N. The Hall–Kier alpha value is -2.24. The molecule has 1 aromatic carbocycles. The topological polar surface area (TPSA) is 104 Å². The van der Waals surface area contributed by atoms with E-state index in [9.17, 15) is 9.59 Å². The van der Waals surface area contributed by atoms with Gasteiger partial charge in [0.05, 0.1) is 23.5 Å². The van der Waals surface area contributed by atoms with E-state index in [-0.39, 0.29) is 18.0 Å². The fourth-order valence-corrected chi connectivity index (χ4v) is 1.40. The monoisotopic (exact) mass is 265 g/mol. The Labute approximate surface area is 112 Å². The van der Waals surface area contributed by atoms with Gasteiger partial charge >= 0.3 is 5.97 Å². The molecule has 0 bridgehead atoms. The molecule has 6 nitrogen and oxygen atoms in total. The number of anilines is 2. The number of aromatic carboxylic acids is 1. The van der Waals surface area contributed by atoms with Crippen LogP contribution >= 0.6 is 0 Å². The summed E-state index contributed by atoms with van der Waals surface area (Å²) in [4.78, 5) is 22.4. The van der Waals surface area contributed by atoms with Gasteiger partial charge in [0.2, 0.25) is 5.91 Å². The van der Waals surface area contributed by atoms with Crippen LogP contribution in [0.15, 0.2) is 18.2 Å². The highest BCUT2D eigenvalue weighted by Gasteiger charge is 2.08. The minimum absolute atomic E-state index is 0.0555. The lowest BCUT2D eigenvalue weighted by atomic mass is 10.1. The van der Waals surface area contributed by atoms with Crippen molar-refractivity contribution in [3.63, 3.8) is 0 Å². The second kappa shape index (κ2) is 6.63. The smallest absolute Gasteiger partial charge is 0.335 e. The predicted octanol–water partition coefficient (Wildman–Crippen LogP) is 1.15. The van der Waals surface area contributed by atoms with Gasteiger partial charge < -0.3 is 21.5 Å². The molecule has 6 heteroatoms. The number of carboxylic acid groups (broad SMARTS) is 1. The highest BCUT2D eigenvalue weighted by Crippen LogP contribution is 2.19. The third-order valence-electron chi connectivity index (χ3n) is 2.45. The third kappa shape index (κ3) is 4.87. The van der Waals surface area contributed by atoms with E-state index in [1.165, 1.54) is 18.2 Å². The van der Waals surface area contributed by atoms with E-state index in [1.807, 2.05) is 13.8 Å². The Morgan fingerprint density at radius 3 is 2.63 bits per heavy atom. The molecular formula is C13H19N3O3. The molecule has 0 saturated carbocycles. The maximum absolute atomic E-state index is 11.5. The summed E-state index contributed by atoms with van der Waals surface area (Å²) < 4.78 is 0. The van der Waals surface area contributed by atoms with Crippen molar-refractivity contribution in [3.05, 3.63) is 23.8 Å². The molecule has 1 amide bonds. The Balaban J connectivity index is 2.59. The van der Waals surface area contributed by atoms with E-state index in [1.54, 1.807) is 0 Å². The number of nitrogens with two attached hydrogens (primary N) is 1. The first-order chi connectivity index (χ1) is 8.90. The van der Waals surface area contributed by atoms with Crippen LogP contribution in [-0.2, 0) is 4.79 Å². The van der Waals surface area contributed by atoms with Crippen LogP contribution in [0.25, 0.3) is 0 Å². The molecule has 0 saturated heterocycles. The molecule has 0 heterocycles. The fourth-order valence-electron chi connectivity index (χ4n) is 1.40. The molecule has 0 aromatic heterocycles. The lowest BCUT2D eigenvalue weighted by Crippen LogP contribution is -2.32. The van der Waals surface area contributed by atoms with Crippen LogP contribution in [0.4, 0.5) is 11.4 Å². The number of rotatable bonds is 6. The van der Waals surface area contributed by atoms with Gasteiger partial charge in [0.1, 0.15) is 0 Å². The van der Waals surface area contributed by atoms with Gasteiger partial charge in [-0.3, -0.25) is 4.79 Å². The van der Waals surface area contributed by atoms with Crippen LogP contribution in [0, 0.1) is 5.92 Å². The van der Waals surface area contributed by atoms with Crippen molar-refractivity contribution in [1.82, 2.24) is 5.32 Å². The van der Waals surface area contributed by atoms with Crippen LogP contribution < -0.4 is 16.4 Å². The molecule has 104 valence electrons. The number of hydrogen-bond donors (Lipinski definition) is 4. The van der Waals surface area contributed by atoms with Crippen LogP contribution in [0.3, 0.4) is 0 Å². The molecule has 0 aliphatic rings. The van der Waals surface area contributed by atoms with Crippen molar-refractivity contribution in [3.8, 4) is 0 Å². The molecule has 19 heavy (non-hydrogen) atoms. The van der Waals surface area contributed by atoms with E-state index in [0.29, 0.717) is 23.8 Å². The summed E-state index contributed by atoms with van der Waals surface area (Å²) in [5.41, 5.74) is 6.68. The number of nitrogens with one attached hydrogen (secondary N) is 2. The first-order valence-electron chi connectivity index (χ1n) is 6.03. The number of benzene rings is 1. The Morgan fingerprint density at radius 1 is 1.37 bits per heavy atom. The minimum atomic E-state index is -1.03. The summed E-state index contributed by atoms with van der Waals surface area (Å²) in [5, 5.41) is 14.5. The summed E-state index contributed by atoms with van der Waals surface area (Å²) >= 11 is 0. The largest absolute Gasteiger partial charge is 0.478 e. The quantitative estimate of drug-likeness (QED) is 0.578. The first-order valence-corrected chi connectivity index (χ1v) is 6.03. The lowest BCUT2D eigenvalue weighted by molar-refractivity contribution is -0.119. The second-order valence-electron chi connectivity index (χ2n) is 4.66. The molecule has 0 unspecified atom stereocenters. The van der Waals surface area contributed by atoms with Crippen LogP contribution in [0.2, 0.25) is 0 Å². The van der Waals surface area contributed by atoms with Crippen molar-refractivity contribution in [1.29, 1.82) is 0 Å². The zero-order valence-corrected chi connectivity index (χ0v) is 11.1. The number of amides is 1. The standard InChI is InChI=1S/C13H19N3O3/c1-8(2)6-16-12(17)7-15-11-5-9(13(18)19)3-4-10(11)14/h3-5,8,15H,6-7,14H2,1-2H3,(H,16,17)(H,18,19). The summed E-state index contributed by atoms with van der Waals surface area (Å²) in [6.45, 7) is 4.66. The first kappa shape index (κ1) is 14.8. The van der Waals surface area contributed by atoms with Crippen LogP contribution in [0.5, 0.6) is 0 Å². The molecule has 1 rings (SSSR count). The van der Waals surface area contributed by atoms with Gasteiger partial charge in [0.15, 0.2) is 0 Å². The van der Waals surface area contributed by atoms with E-state index in [2.05, 4.69) is 10.6 Å². The lowest BCUT2D eigenvalue weighted by Gasteiger charge is -2.11. The zero-order valence-electron chi connectivity index (χ0n) is 11.1. The Morgan fingerprint density at radius 2 is 2.05 bits per heavy atom. The number of hydrogen-bond acceptors (Lipinski definition) is 4. The Bertz CT molecular complexity index is 472. The normalized spacial score (nSPS) is 10.3. The molecule has 0 aliphatic heterocycles. The van der Waals surface area contributed by atoms with Gasteiger partial charge in [0, 0.05) is 6.54 Å². The number of nitrogen functional groups attached to an aromatic ring is 1. The van der Waals surface area contributed by atoms with E-state index < -0.39 is 5.97 Å². The maximum atomic E-state index is 11.5. The van der Waals surface area contributed by atoms with Crippen molar-refractivity contribution >= 4 is 23.3 Å². The fraction of sp³-hybridized carbons (Fsp3) is 0.385. The molecule has 0 atom stereocenters. The van der Waals surface area contributed by atoms with Gasteiger partial charge in [-0.2, -0.15) is 0 Å². The van der Waals surface area contributed by atoms with E-state index in [4.69, 9.17) is 10.8 Å². The number of carbonyl (C=O) groups is 2. The van der Waals surface area contributed by atoms with Crippen LogP contribution in [0.1, 0.15) is 24.2 Å². The van der Waals surface area contributed by atoms with Crippen molar-refractivity contribution < 1.29 is 14.7 Å². The predicted molar refractivity (Wildman–Crippen MR) is 74.2 cm³/mol.